The fourth-order valence-electron chi connectivity index (χ4n) is 2.64. The van der Waals surface area contributed by atoms with Crippen LogP contribution < -0.4 is 10.6 Å². The van der Waals surface area contributed by atoms with E-state index in [4.69, 9.17) is 0 Å². The third kappa shape index (κ3) is 3.11. The number of halogens is 1. The number of carbonyl (C=O) groups excluding carboxylic acids is 1. The predicted molar refractivity (Wildman–Crippen MR) is 85.4 cm³/mol. The molecule has 23 heavy (non-hydrogen) atoms. The van der Waals surface area contributed by atoms with Crippen molar-refractivity contribution in [2.75, 3.05) is 6.54 Å². The van der Waals surface area contributed by atoms with Crippen molar-refractivity contribution in [1.29, 1.82) is 0 Å². The monoisotopic (exact) mass is 314 g/mol. The molecule has 0 bridgehead atoms. The molecule has 2 heterocycles. The summed E-state index contributed by atoms with van der Waals surface area (Å²) in [5, 5.41) is 10.5. The van der Waals surface area contributed by atoms with Gasteiger partial charge in [-0.1, -0.05) is 0 Å². The lowest BCUT2D eigenvalue weighted by atomic mass is 10.1. The summed E-state index contributed by atoms with van der Waals surface area (Å²) >= 11 is 0. The summed E-state index contributed by atoms with van der Waals surface area (Å²) in [5.74, 6) is -0.282. The Labute approximate surface area is 134 Å². The van der Waals surface area contributed by atoms with Gasteiger partial charge in [-0.25, -0.2) is 9.07 Å². The van der Waals surface area contributed by atoms with Gasteiger partial charge in [-0.05, 0) is 38.1 Å². The highest BCUT2D eigenvalue weighted by Gasteiger charge is 2.16. The number of nitrogens with zero attached hydrogens (tertiary/aromatic N) is 2. The first-order valence-electron chi connectivity index (χ1n) is 7.57. The summed E-state index contributed by atoms with van der Waals surface area (Å²) in [5.41, 5.74) is 4.56. The highest BCUT2D eigenvalue weighted by atomic mass is 19.1. The number of aromatic nitrogens is 2. The Morgan fingerprint density at radius 2 is 2.04 bits per heavy atom. The van der Waals surface area contributed by atoms with E-state index >= 15 is 0 Å². The van der Waals surface area contributed by atoms with Crippen molar-refractivity contribution in [3.63, 3.8) is 0 Å². The van der Waals surface area contributed by atoms with Crippen LogP contribution in [0.25, 0.3) is 5.69 Å². The van der Waals surface area contributed by atoms with Gasteiger partial charge in [0.1, 0.15) is 5.82 Å². The number of hydrogen-bond donors (Lipinski definition) is 2. The average molecular weight is 314 g/mol. The van der Waals surface area contributed by atoms with Gasteiger partial charge in [0, 0.05) is 42.0 Å². The number of rotatable bonds is 4. The van der Waals surface area contributed by atoms with E-state index in [1.807, 2.05) is 13.8 Å². The van der Waals surface area contributed by atoms with Crippen molar-refractivity contribution in [3.05, 3.63) is 58.8 Å². The van der Waals surface area contributed by atoms with E-state index in [0.717, 1.165) is 34.6 Å². The Kier molecular flexibility index (Phi) is 4.14. The maximum Gasteiger partial charge on any atom is 0.248 e. The number of amides is 1. The standard InChI is InChI=1S/C17H19FN4O/c1-11-16(7-8-19-17(11)23)20-9-13-10-21-22(12(13)2)15-5-3-14(18)4-6-15/h3-6,10,20H,7-9H2,1-2H3,(H,19,23). The maximum atomic E-state index is 13.0. The van der Waals surface area contributed by atoms with Crippen molar-refractivity contribution in [2.45, 2.75) is 26.8 Å². The van der Waals surface area contributed by atoms with Crippen LogP contribution >= 0.6 is 0 Å². The zero-order chi connectivity index (χ0) is 16.4. The van der Waals surface area contributed by atoms with Gasteiger partial charge in [-0.3, -0.25) is 4.79 Å². The van der Waals surface area contributed by atoms with E-state index in [9.17, 15) is 9.18 Å². The van der Waals surface area contributed by atoms with Crippen LogP contribution in [0.2, 0.25) is 0 Å². The molecule has 3 rings (SSSR count). The molecule has 120 valence electrons. The molecular formula is C17H19FN4O. The van der Waals surface area contributed by atoms with E-state index in [2.05, 4.69) is 15.7 Å². The minimum Gasteiger partial charge on any atom is -0.384 e. The van der Waals surface area contributed by atoms with E-state index in [0.29, 0.717) is 13.1 Å². The van der Waals surface area contributed by atoms with Crippen LogP contribution in [0.5, 0.6) is 0 Å². The lowest BCUT2D eigenvalue weighted by Gasteiger charge is -2.19. The molecule has 0 saturated heterocycles. The Morgan fingerprint density at radius 1 is 1.30 bits per heavy atom. The van der Waals surface area contributed by atoms with Gasteiger partial charge in [0.05, 0.1) is 11.9 Å². The molecule has 1 aromatic heterocycles. The van der Waals surface area contributed by atoms with Crippen LogP contribution in [0, 0.1) is 12.7 Å². The van der Waals surface area contributed by atoms with Crippen molar-refractivity contribution >= 4 is 5.91 Å². The van der Waals surface area contributed by atoms with Crippen LogP contribution in [-0.4, -0.2) is 22.2 Å². The first-order valence-corrected chi connectivity index (χ1v) is 7.57. The SMILES string of the molecule is CC1=C(NCc2cnn(-c3ccc(F)cc3)c2C)CCNC1=O. The van der Waals surface area contributed by atoms with E-state index in [1.165, 1.54) is 12.1 Å². The first-order chi connectivity index (χ1) is 11.1. The molecule has 0 spiro atoms. The highest BCUT2D eigenvalue weighted by molar-refractivity contribution is 5.94. The number of nitrogens with one attached hydrogen (secondary N) is 2. The summed E-state index contributed by atoms with van der Waals surface area (Å²) < 4.78 is 14.8. The van der Waals surface area contributed by atoms with Crippen LogP contribution in [0.15, 0.2) is 41.7 Å². The van der Waals surface area contributed by atoms with Gasteiger partial charge in [-0.2, -0.15) is 5.10 Å². The van der Waals surface area contributed by atoms with E-state index < -0.39 is 0 Å². The molecule has 2 aromatic rings. The Hall–Kier alpha value is -2.63. The van der Waals surface area contributed by atoms with Crippen LogP contribution in [0.4, 0.5) is 4.39 Å². The second-order valence-electron chi connectivity index (χ2n) is 5.61. The van der Waals surface area contributed by atoms with Crippen LogP contribution in [0.3, 0.4) is 0 Å². The molecule has 5 nitrogen and oxygen atoms in total. The van der Waals surface area contributed by atoms with Crippen LogP contribution in [-0.2, 0) is 11.3 Å². The molecule has 1 aromatic carbocycles. The van der Waals surface area contributed by atoms with E-state index in [-0.39, 0.29) is 11.7 Å². The number of carbonyl (C=O) groups is 1. The van der Waals surface area contributed by atoms with Gasteiger partial charge in [-0.15, -0.1) is 0 Å². The first kappa shape index (κ1) is 15.3. The van der Waals surface area contributed by atoms with Crippen molar-refractivity contribution in [1.82, 2.24) is 20.4 Å². The molecule has 0 aliphatic carbocycles. The molecule has 0 fully saturated rings. The molecule has 2 N–H and O–H groups in total. The molecule has 0 atom stereocenters. The van der Waals surface area contributed by atoms with Gasteiger partial charge in [0.15, 0.2) is 0 Å². The molecular weight excluding hydrogens is 295 g/mol. The summed E-state index contributed by atoms with van der Waals surface area (Å²) in [4.78, 5) is 11.6. The fraction of sp³-hybridized carbons (Fsp3) is 0.294. The predicted octanol–water partition coefficient (Wildman–Crippen LogP) is 2.20. The van der Waals surface area contributed by atoms with Crippen molar-refractivity contribution in [2.24, 2.45) is 0 Å². The Balaban J connectivity index is 1.76. The summed E-state index contributed by atoms with van der Waals surface area (Å²) in [6.07, 6.45) is 2.60. The van der Waals surface area contributed by atoms with Gasteiger partial charge >= 0.3 is 0 Å². The molecule has 1 amide bonds. The highest BCUT2D eigenvalue weighted by Crippen LogP contribution is 2.16. The molecule has 0 radical (unpaired) electrons. The Bertz CT molecular complexity index is 761. The zero-order valence-corrected chi connectivity index (χ0v) is 13.2. The normalized spacial score (nSPS) is 14.8. The summed E-state index contributed by atoms with van der Waals surface area (Å²) in [6, 6.07) is 6.24. The average Bonchev–Trinajstić information content (AvgIpc) is 2.91. The third-order valence-corrected chi connectivity index (χ3v) is 4.13. The third-order valence-electron chi connectivity index (χ3n) is 4.13. The van der Waals surface area contributed by atoms with Crippen molar-refractivity contribution in [3.8, 4) is 5.69 Å². The molecule has 6 heteroatoms. The van der Waals surface area contributed by atoms with Gasteiger partial charge in [0.25, 0.3) is 0 Å². The minimum absolute atomic E-state index is 0.0162. The molecule has 1 aliphatic rings. The number of hydrogen-bond acceptors (Lipinski definition) is 3. The smallest absolute Gasteiger partial charge is 0.248 e. The summed E-state index contributed by atoms with van der Waals surface area (Å²) in [7, 11) is 0. The Morgan fingerprint density at radius 3 is 2.78 bits per heavy atom. The minimum atomic E-state index is -0.265. The van der Waals surface area contributed by atoms with Crippen molar-refractivity contribution < 1.29 is 9.18 Å². The maximum absolute atomic E-state index is 13.0. The zero-order valence-electron chi connectivity index (χ0n) is 13.2. The lowest BCUT2D eigenvalue weighted by molar-refractivity contribution is -0.117. The lowest BCUT2D eigenvalue weighted by Crippen LogP contribution is -2.34. The van der Waals surface area contributed by atoms with Crippen LogP contribution in [0.1, 0.15) is 24.6 Å². The molecule has 1 aliphatic heterocycles. The topological polar surface area (TPSA) is 59.0 Å². The molecule has 0 unspecified atom stereocenters. The van der Waals surface area contributed by atoms with E-state index in [1.54, 1.807) is 23.0 Å². The van der Waals surface area contributed by atoms with Gasteiger partial charge < -0.3 is 10.6 Å². The molecule has 0 saturated carbocycles. The second kappa shape index (κ2) is 6.24. The quantitative estimate of drug-likeness (QED) is 0.909. The fourth-order valence-corrected chi connectivity index (χ4v) is 2.64. The second-order valence-corrected chi connectivity index (χ2v) is 5.61. The summed E-state index contributed by atoms with van der Waals surface area (Å²) in [6.45, 7) is 5.06. The van der Waals surface area contributed by atoms with Gasteiger partial charge in [0.2, 0.25) is 5.91 Å². The largest absolute Gasteiger partial charge is 0.384 e. The number of benzene rings is 1.